The van der Waals surface area contributed by atoms with E-state index in [1.807, 2.05) is 0 Å². The number of hydrogen-bond donors (Lipinski definition) is 3. The molecule has 0 aromatic carbocycles. The van der Waals surface area contributed by atoms with Crippen LogP contribution in [0.15, 0.2) is 12.2 Å². The van der Waals surface area contributed by atoms with Gasteiger partial charge in [-0.2, -0.15) is 12.6 Å². The fourth-order valence-electron chi connectivity index (χ4n) is 0.657. The molecule has 0 aromatic rings. The number of rotatable bonds is 0. The van der Waals surface area contributed by atoms with Gasteiger partial charge >= 0.3 is 0 Å². The summed E-state index contributed by atoms with van der Waals surface area (Å²) in [5, 5.41) is 17.4. The largest absolute Gasteiger partial charge is 0.388 e. The van der Waals surface area contributed by atoms with Crippen LogP contribution in [0.3, 0.4) is 0 Å². The molecule has 0 fully saturated rings. The topological polar surface area (TPSA) is 40.5 Å². The molecule has 0 heterocycles. The summed E-state index contributed by atoms with van der Waals surface area (Å²) in [6.07, 6.45) is 1.94. The maximum Gasteiger partial charge on any atom is 0.0866 e. The molecule has 2 unspecified atom stereocenters. The van der Waals surface area contributed by atoms with Gasteiger partial charge in [-0.15, -0.1) is 0 Å². The zero-order valence-corrected chi connectivity index (χ0v) is 5.12. The van der Waals surface area contributed by atoms with Crippen LogP contribution in [-0.2, 0) is 0 Å². The lowest BCUT2D eigenvalue weighted by Gasteiger charge is -2.09. The molecule has 0 saturated heterocycles. The van der Waals surface area contributed by atoms with Crippen molar-refractivity contribution in [3.63, 3.8) is 0 Å². The van der Waals surface area contributed by atoms with E-state index in [2.05, 4.69) is 12.6 Å². The van der Waals surface area contributed by atoms with Gasteiger partial charge in [-0.05, 0) is 0 Å². The summed E-state index contributed by atoms with van der Waals surface area (Å²) < 4.78 is 0. The third kappa shape index (κ3) is 0.891. The molecule has 2 atom stereocenters. The molecule has 0 amide bonds. The van der Waals surface area contributed by atoms with E-state index in [4.69, 9.17) is 10.2 Å². The van der Waals surface area contributed by atoms with Crippen LogP contribution in [-0.4, -0.2) is 27.7 Å². The van der Waals surface area contributed by atoms with Crippen molar-refractivity contribution in [1.29, 1.82) is 0 Å². The van der Waals surface area contributed by atoms with E-state index in [0.717, 1.165) is 0 Å². The molecule has 46 valence electrons. The Bertz CT molecular complexity index is 101. The molecule has 2 nitrogen and oxygen atoms in total. The summed E-state index contributed by atoms with van der Waals surface area (Å²) in [7, 11) is 0. The van der Waals surface area contributed by atoms with E-state index in [0.29, 0.717) is 0 Å². The molecule has 3 heteroatoms. The Morgan fingerprint density at radius 1 is 1.12 bits per heavy atom. The first kappa shape index (κ1) is 6.13. The zero-order chi connectivity index (χ0) is 6.15. The average molecular weight is 132 g/mol. The SMILES string of the molecule is OC1C=CC(O)C1S. The first-order valence-corrected chi connectivity index (χ1v) is 2.96. The van der Waals surface area contributed by atoms with Crippen molar-refractivity contribution in [2.75, 3.05) is 0 Å². The van der Waals surface area contributed by atoms with Gasteiger partial charge < -0.3 is 10.2 Å². The highest BCUT2D eigenvalue weighted by Crippen LogP contribution is 2.16. The summed E-state index contributed by atoms with van der Waals surface area (Å²) in [6.45, 7) is 0. The monoisotopic (exact) mass is 132 g/mol. The Morgan fingerprint density at radius 2 is 1.50 bits per heavy atom. The third-order valence-corrected chi connectivity index (χ3v) is 1.82. The Labute approximate surface area is 53.2 Å². The fraction of sp³-hybridized carbons (Fsp3) is 0.600. The smallest absolute Gasteiger partial charge is 0.0866 e. The molecule has 1 rings (SSSR count). The lowest BCUT2D eigenvalue weighted by molar-refractivity contribution is 0.160. The average Bonchev–Trinajstić information content (AvgIpc) is 1.98. The van der Waals surface area contributed by atoms with Crippen LogP contribution in [0.25, 0.3) is 0 Å². The van der Waals surface area contributed by atoms with E-state index in [1.165, 1.54) is 0 Å². The summed E-state index contributed by atoms with van der Waals surface area (Å²) in [4.78, 5) is 0. The second-order valence-corrected chi connectivity index (χ2v) is 2.45. The second-order valence-electron chi connectivity index (χ2n) is 1.86. The van der Waals surface area contributed by atoms with Gasteiger partial charge in [0.15, 0.2) is 0 Å². The summed E-state index contributed by atoms with van der Waals surface area (Å²) in [5.41, 5.74) is 0. The molecule has 0 bridgehead atoms. The lowest BCUT2D eigenvalue weighted by Crippen LogP contribution is -2.23. The minimum absolute atomic E-state index is 0.324. The maximum atomic E-state index is 8.84. The van der Waals surface area contributed by atoms with Crippen molar-refractivity contribution >= 4 is 12.6 Å². The van der Waals surface area contributed by atoms with Crippen LogP contribution >= 0.6 is 12.6 Å². The molecule has 0 spiro atoms. The Morgan fingerprint density at radius 3 is 1.62 bits per heavy atom. The van der Waals surface area contributed by atoms with Crippen molar-refractivity contribution < 1.29 is 10.2 Å². The molecule has 0 saturated carbocycles. The quantitative estimate of drug-likeness (QED) is 0.309. The number of hydrogen-bond acceptors (Lipinski definition) is 3. The Kier molecular flexibility index (Phi) is 1.60. The highest BCUT2D eigenvalue weighted by Gasteiger charge is 2.24. The van der Waals surface area contributed by atoms with Gasteiger partial charge in [0.25, 0.3) is 0 Å². The van der Waals surface area contributed by atoms with Gasteiger partial charge in [-0.25, -0.2) is 0 Å². The molecule has 0 radical (unpaired) electrons. The van der Waals surface area contributed by atoms with Crippen LogP contribution in [0.5, 0.6) is 0 Å². The molecule has 2 N–H and O–H groups in total. The van der Waals surface area contributed by atoms with E-state index in [-0.39, 0.29) is 5.25 Å². The van der Waals surface area contributed by atoms with Crippen LogP contribution in [0.1, 0.15) is 0 Å². The van der Waals surface area contributed by atoms with E-state index >= 15 is 0 Å². The summed E-state index contributed by atoms with van der Waals surface area (Å²) >= 11 is 3.92. The zero-order valence-electron chi connectivity index (χ0n) is 4.23. The van der Waals surface area contributed by atoms with E-state index in [1.54, 1.807) is 12.2 Å². The number of thiol groups is 1. The summed E-state index contributed by atoms with van der Waals surface area (Å²) in [6, 6.07) is 0. The predicted molar refractivity (Wildman–Crippen MR) is 33.9 cm³/mol. The highest BCUT2D eigenvalue weighted by molar-refractivity contribution is 7.81. The van der Waals surface area contributed by atoms with E-state index in [9.17, 15) is 0 Å². The van der Waals surface area contributed by atoms with Crippen molar-refractivity contribution in [3.8, 4) is 0 Å². The van der Waals surface area contributed by atoms with Gasteiger partial charge in [-0.3, -0.25) is 0 Å². The van der Waals surface area contributed by atoms with Gasteiger partial charge in [-0.1, -0.05) is 12.2 Å². The Hall–Kier alpha value is 0.01000. The van der Waals surface area contributed by atoms with Gasteiger partial charge in [0, 0.05) is 0 Å². The molecular weight excluding hydrogens is 124 g/mol. The van der Waals surface area contributed by atoms with Gasteiger partial charge in [0.1, 0.15) is 0 Å². The van der Waals surface area contributed by atoms with Crippen molar-refractivity contribution in [3.05, 3.63) is 12.2 Å². The van der Waals surface area contributed by atoms with Crippen molar-refractivity contribution in [2.24, 2.45) is 0 Å². The normalized spacial score (nSPS) is 45.6. The van der Waals surface area contributed by atoms with Crippen LogP contribution < -0.4 is 0 Å². The molecule has 1 aliphatic carbocycles. The van der Waals surface area contributed by atoms with Crippen LogP contribution in [0, 0.1) is 0 Å². The predicted octanol–water partition coefficient (Wildman–Crippen LogP) is -0.424. The first-order chi connectivity index (χ1) is 3.72. The van der Waals surface area contributed by atoms with Gasteiger partial charge in [0.2, 0.25) is 0 Å². The van der Waals surface area contributed by atoms with Crippen LogP contribution in [0.4, 0.5) is 0 Å². The highest BCUT2D eigenvalue weighted by atomic mass is 32.1. The minimum Gasteiger partial charge on any atom is -0.388 e. The minimum atomic E-state index is -0.576. The third-order valence-electron chi connectivity index (χ3n) is 1.21. The number of aliphatic hydroxyl groups excluding tert-OH is 2. The first-order valence-electron chi connectivity index (χ1n) is 2.44. The van der Waals surface area contributed by atoms with E-state index < -0.39 is 12.2 Å². The molecule has 8 heavy (non-hydrogen) atoms. The molecular formula is C5H8O2S. The van der Waals surface area contributed by atoms with Crippen molar-refractivity contribution in [1.82, 2.24) is 0 Å². The number of aliphatic hydroxyl groups is 2. The standard InChI is InChI=1S/C5H8O2S/c6-3-1-2-4(7)5(3)8/h1-8H. The second kappa shape index (κ2) is 2.09. The lowest BCUT2D eigenvalue weighted by atomic mass is 10.3. The fourth-order valence-corrected chi connectivity index (χ4v) is 0.856. The summed E-state index contributed by atoms with van der Waals surface area (Å²) in [5.74, 6) is 0. The Balaban J connectivity index is 2.55. The van der Waals surface area contributed by atoms with Crippen LogP contribution in [0.2, 0.25) is 0 Å². The van der Waals surface area contributed by atoms with Gasteiger partial charge in [0.05, 0.1) is 17.5 Å². The maximum absolute atomic E-state index is 8.84. The molecule has 0 aliphatic heterocycles. The van der Waals surface area contributed by atoms with Crippen molar-refractivity contribution in [2.45, 2.75) is 17.5 Å². The molecule has 1 aliphatic rings. The molecule has 0 aromatic heterocycles.